The lowest BCUT2D eigenvalue weighted by atomic mass is 9.97. The van der Waals surface area contributed by atoms with Gasteiger partial charge in [-0.05, 0) is 40.0 Å². The number of ether oxygens (including phenoxy) is 2. The van der Waals surface area contributed by atoms with E-state index in [-0.39, 0.29) is 0 Å². The molecule has 1 heterocycles. The molecule has 1 aliphatic rings. The summed E-state index contributed by atoms with van der Waals surface area (Å²) in [5, 5.41) is 9.15. The maximum absolute atomic E-state index is 12.1. The van der Waals surface area contributed by atoms with Gasteiger partial charge >= 0.3 is 12.1 Å². The van der Waals surface area contributed by atoms with E-state index in [1.165, 1.54) is 12.0 Å². The smallest absolute Gasteiger partial charge is 0.410 e. The Bertz CT molecular complexity index is 336. The lowest BCUT2D eigenvalue weighted by Gasteiger charge is -2.38. The van der Waals surface area contributed by atoms with Crippen LogP contribution in [0.25, 0.3) is 0 Å². The van der Waals surface area contributed by atoms with E-state index in [1.54, 1.807) is 20.8 Å². The highest BCUT2D eigenvalue weighted by atomic mass is 16.6. The number of carbonyl (C=O) groups excluding carboxylic acids is 1. The van der Waals surface area contributed by atoms with E-state index in [0.29, 0.717) is 13.0 Å². The first kappa shape index (κ1) is 15.8. The molecule has 6 heteroatoms. The molecule has 0 aromatic heterocycles. The number of methoxy groups -OCH3 is 1. The van der Waals surface area contributed by atoms with Gasteiger partial charge in [0, 0.05) is 13.7 Å². The molecular formula is C13H23NO5. The van der Waals surface area contributed by atoms with Crippen molar-refractivity contribution in [2.45, 2.75) is 57.8 Å². The second-order valence-electron chi connectivity index (χ2n) is 5.73. The van der Waals surface area contributed by atoms with E-state index in [4.69, 9.17) is 14.6 Å². The summed E-state index contributed by atoms with van der Waals surface area (Å²) in [4.78, 5) is 24.8. The highest BCUT2D eigenvalue weighted by Gasteiger charge is 2.38. The van der Waals surface area contributed by atoms with Crippen molar-refractivity contribution in [1.82, 2.24) is 4.90 Å². The van der Waals surface area contributed by atoms with Crippen molar-refractivity contribution in [1.29, 1.82) is 0 Å². The highest BCUT2D eigenvalue weighted by molar-refractivity contribution is 5.75. The van der Waals surface area contributed by atoms with Gasteiger partial charge in [-0.25, -0.2) is 9.59 Å². The van der Waals surface area contributed by atoms with Gasteiger partial charge in [0.25, 0.3) is 0 Å². The zero-order valence-corrected chi connectivity index (χ0v) is 12.0. The van der Waals surface area contributed by atoms with E-state index < -0.39 is 29.8 Å². The molecule has 110 valence electrons. The summed E-state index contributed by atoms with van der Waals surface area (Å²) in [6, 6.07) is -0.467. The van der Waals surface area contributed by atoms with Gasteiger partial charge in [0.1, 0.15) is 5.60 Å². The lowest BCUT2D eigenvalue weighted by molar-refractivity contribution is -0.153. The second kappa shape index (κ2) is 6.23. The normalized spacial score (nSPS) is 21.9. The molecular weight excluding hydrogens is 250 g/mol. The van der Waals surface area contributed by atoms with Crippen LogP contribution in [0.2, 0.25) is 0 Å². The SMILES string of the molecule is COC(C(=O)O)C1CCCCN1C(=O)OC(C)(C)C. The first-order chi connectivity index (χ1) is 8.76. The van der Waals surface area contributed by atoms with Crippen LogP contribution in [0.5, 0.6) is 0 Å². The third-order valence-electron chi connectivity index (χ3n) is 3.02. The Morgan fingerprint density at radius 1 is 1.32 bits per heavy atom. The zero-order valence-electron chi connectivity index (χ0n) is 12.0. The quantitative estimate of drug-likeness (QED) is 0.849. The molecule has 1 N–H and O–H groups in total. The Balaban J connectivity index is 2.82. The molecule has 1 aliphatic heterocycles. The average molecular weight is 273 g/mol. The molecule has 2 atom stereocenters. The fourth-order valence-electron chi connectivity index (χ4n) is 2.24. The molecule has 1 fully saturated rings. The Labute approximate surface area is 113 Å². The lowest BCUT2D eigenvalue weighted by Crippen LogP contribution is -2.54. The van der Waals surface area contributed by atoms with Gasteiger partial charge in [-0.3, -0.25) is 0 Å². The number of hydrogen-bond donors (Lipinski definition) is 1. The topological polar surface area (TPSA) is 76.1 Å². The van der Waals surface area contributed by atoms with E-state index >= 15 is 0 Å². The van der Waals surface area contributed by atoms with Crippen LogP contribution in [-0.2, 0) is 14.3 Å². The molecule has 1 saturated heterocycles. The van der Waals surface area contributed by atoms with Gasteiger partial charge in [-0.15, -0.1) is 0 Å². The highest BCUT2D eigenvalue weighted by Crippen LogP contribution is 2.24. The zero-order chi connectivity index (χ0) is 14.6. The fourth-order valence-corrected chi connectivity index (χ4v) is 2.24. The standard InChI is InChI=1S/C13H23NO5/c1-13(2,3)19-12(17)14-8-6-5-7-9(14)10(18-4)11(15)16/h9-10H,5-8H2,1-4H3,(H,15,16). The fraction of sp³-hybridized carbons (Fsp3) is 0.846. The van der Waals surface area contributed by atoms with Gasteiger partial charge in [0.05, 0.1) is 6.04 Å². The van der Waals surface area contributed by atoms with Crippen LogP contribution in [0.1, 0.15) is 40.0 Å². The summed E-state index contributed by atoms with van der Waals surface area (Å²) in [7, 11) is 1.35. The number of aliphatic carboxylic acids is 1. The minimum Gasteiger partial charge on any atom is -0.479 e. The number of carboxylic acids is 1. The summed E-state index contributed by atoms with van der Waals surface area (Å²) < 4.78 is 10.3. The predicted molar refractivity (Wildman–Crippen MR) is 69.0 cm³/mol. The molecule has 0 saturated carbocycles. The Hall–Kier alpha value is -1.30. The monoisotopic (exact) mass is 273 g/mol. The molecule has 0 aromatic carbocycles. The van der Waals surface area contributed by atoms with Crippen molar-refractivity contribution in [2.24, 2.45) is 0 Å². The first-order valence-corrected chi connectivity index (χ1v) is 6.51. The van der Waals surface area contributed by atoms with E-state index in [0.717, 1.165) is 12.8 Å². The summed E-state index contributed by atoms with van der Waals surface area (Å²) >= 11 is 0. The van der Waals surface area contributed by atoms with Crippen LogP contribution in [0.3, 0.4) is 0 Å². The third kappa shape index (κ3) is 4.38. The van der Waals surface area contributed by atoms with Crippen LogP contribution in [0.4, 0.5) is 4.79 Å². The first-order valence-electron chi connectivity index (χ1n) is 6.51. The number of amides is 1. The van der Waals surface area contributed by atoms with Crippen LogP contribution >= 0.6 is 0 Å². The van der Waals surface area contributed by atoms with Gasteiger partial charge < -0.3 is 19.5 Å². The maximum Gasteiger partial charge on any atom is 0.410 e. The molecule has 19 heavy (non-hydrogen) atoms. The number of hydrogen-bond acceptors (Lipinski definition) is 4. The minimum atomic E-state index is -1.05. The van der Waals surface area contributed by atoms with Crippen molar-refractivity contribution in [3.05, 3.63) is 0 Å². The van der Waals surface area contributed by atoms with Gasteiger partial charge in [0.15, 0.2) is 6.10 Å². The van der Waals surface area contributed by atoms with Crippen LogP contribution in [-0.4, -0.2) is 53.5 Å². The van der Waals surface area contributed by atoms with Crippen LogP contribution < -0.4 is 0 Å². The summed E-state index contributed by atoms with van der Waals surface area (Å²) in [5.41, 5.74) is -0.592. The summed E-state index contributed by atoms with van der Waals surface area (Å²) in [6.07, 6.45) is 0.876. The van der Waals surface area contributed by atoms with E-state index in [9.17, 15) is 9.59 Å². The molecule has 0 spiro atoms. The molecule has 0 bridgehead atoms. The number of piperidine rings is 1. The van der Waals surface area contributed by atoms with Crippen molar-refractivity contribution < 1.29 is 24.2 Å². The third-order valence-corrected chi connectivity index (χ3v) is 3.02. The van der Waals surface area contributed by atoms with Crippen LogP contribution in [0.15, 0.2) is 0 Å². The van der Waals surface area contributed by atoms with Gasteiger partial charge in [0.2, 0.25) is 0 Å². The van der Waals surface area contributed by atoms with Crippen LogP contribution in [0, 0.1) is 0 Å². The molecule has 2 unspecified atom stereocenters. The number of carbonyl (C=O) groups is 2. The number of likely N-dealkylation sites (tertiary alicyclic amines) is 1. The molecule has 1 rings (SSSR count). The summed E-state index contributed by atoms with van der Waals surface area (Å²) in [5.74, 6) is -1.05. The molecule has 1 amide bonds. The molecule has 0 radical (unpaired) electrons. The Morgan fingerprint density at radius 3 is 2.42 bits per heavy atom. The van der Waals surface area contributed by atoms with Crippen molar-refractivity contribution >= 4 is 12.1 Å². The Morgan fingerprint density at radius 2 is 1.95 bits per heavy atom. The summed E-state index contributed by atoms with van der Waals surface area (Å²) in [6.45, 7) is 5.87. The molecule has 0 aliphatic carbocycles. The average Bonchev–Trinajstić information content (AvgIpc) is 2.27. The van der Waals surface area contributed by atoms with Crippen molar-refractivity contribution in [3.63, 3.8) is 0 Å². The number of nitrogens with zero attached hydrogens (tertiary/aromatic N) is 1. The number of carboxylic acid groups (broad SMARTS) is 1. The van der Waals surface area contributed by atoms with Crippen molar-refractivity contribution in [3.8, 4) is 0 Å². The molecule has 0 aromatic rings. The van der Waals surface area contributed by atoms with Gasteiger partial charge in [-0.1, -0.05) is 0 Å². The second-order valence-corrected chi connectivity index (χ2v) is 5.73. The Kier molecular flexibility index (Phi) is 5.17. The van der Waals surface area contributed by atoms with Crippen molar-refractivity contribution in [2.75, 3.05) is 13.7 Å². The molecule has 6 nitrogen and oxygen atoms in total. The van der Waals surface area contributed by atoms with E-state index in [2.05, 4.69) is 0 Å². The predicted octanol–water partition coefficient (Wildman–Crippen LogP) is 1.88. The van der Waals surface area contributed by atoms with E-state index in [1.807, 2.05) is 0 Å². The number of rotatable bonds is 3. The minimum absolute atomic E-state index is 0.467. The van der Waals surface area contributed by atoms with Gasteiger partial charge in [-0.2, -0.15) is 0 Å². The largest absolute Gasteiger partial charge is 0.479 e. The maximum atomic E-state index is 12.1.